The second-order valence-electron chi connectivity index (χ2n) is 8.79. The van der Waals surface area contributed by atoms with E-state index in [1.165, 1.54) is 14.2 Å². The van der Waals surface area contributed by atoms with Crippen LogP contribution in [0.3, 0.4) is 0 Å². The number of rotatable bonds is 5. The van der Waals surface area contributed by atoms with E-state index in [9.17, 15) is 4.79 Å². The molecule has 2 aliphatic heterocycles. The molecule has 11 heteroatoms. The van der Waals surface area contributed by atoms with Gasteiger partial charge in [0.1, 0.15) is 23.2 Å². The van der Waals surface area contributed by atoms with E-state index in [4.69, 9.17) is 37.7 Å². The minimum Gasteiger partial charge on any atom is -0.495 e. The minimum atomic E-state index is -0.281. The molecule has 1 fully saturated rings. The first-order chi connectivity index (χ1) is 17.9. The van der Waals surface area contributed by atoms with Crippen molar-refractivity contribution < 1.29 is 14.3 Å². The maximum atomic E-state index is 12.9. The lowest BCUT2D eigenvalue weighted by molar-refractivity contribution is 0.0977. The summed E-state index contributed by atoms with van der Waals surface area (Å²) in [5, 5.41) is 3.56. The summed E-state index contributed by atoms with van der Waals surface area (Å²) in [6, 6.07) is 8.93. The van der Waals surface area contributed by atoms with Crippen molar-refractivity contribution in [3.8, 4) is 22.8 Å². The number of nitrogens with zero attached hydrogens (tertiary/aromatic N) is 5. The molecule has 0 unspecified atom stereocenters. The van der Waals surface area contributed by atoms with Crippen molar-refractivity contribution in [1.29, 1.82) is 0 Å². The number of likely N-dealkylation sites (N-methyl/N-ethyl adjacent to an activating group) is 1. The molecule has 1 amide bonds. The molecule has 2 aromatic heterocycles. The predicted molar refractivity (Wildman–Crippen MR) is 144 cm³/mol. The van der Waals surface area contributed by atoms with Crippen molar-refractivity contribution in [3.63, 3.8) is 0 Å². The summed E-state index contributed by atoms with van der Waals surface area (Å²) in [6.45, 7) is 4.12. The molecule has 0 saturated carbocycles. The number of amides is 1. The average Bonchev–Trinajstić information content (AvgIpc) is 3.31. The van der Waals surface area contributed by atoms with Gasteiger partial charge in [-0.2, -0.15) is 0 Å². The van der Waals surface area contributed by atoms with E-state index < -0.39 is 0 Å². The molecule has 1 saturated heterocycles. The summed E-state index contributed by atoms with van der Waals surface area (Å²) < 4.78 is 10.7. The molecular weight excluding hydrogens is 515 g/mol. The summed E-state index contributed by atoms with van der Waals surface area (Å²) in [6.07, 6.45) is 1.60. The zero-order chi connectivity index (χ0) is 26.1. The highest BCUT2D eigenvalue weighted by molar-refractivity contribution is 6.41. The Morgan fingerprint density at radius 1 is 1.00 bits per heavy atom. The number of aliphatic imine (C=N–C) groups is 1. The highest BCUT2D eigenvalue weighted by Gasteiger charge is 2.24. The number of amidine groups is 1. The van der Waals surface area contributed by atoms with Crippen LogP contribution >= 0.6 is 23.2 Å². The Morgan fingerprint density at radius 2 is 1.70 bits per heavy atom. The number of carbonyl (C=O) groups excluding carboxylic acids is 1. The van der Waals surface area contributed by atoms with Crippen LogP contribution in [-0.2, 0) is 6.54 Å². The fraction of sp³-hybridized carbons (Fsp3) is 0.308. The normalized spacial score (nSPS) is 15.3. The molecule has 0 bridgehead atoms. The van der Waals surface area contributed by atoms with Gasteiger partial charge in [0.05, 0.1) is 47.8 Å². The predicted octanol–water partition coefficient (Wildman–Crippen LogP) is 3.91. The van der Waals surface area contributed by atoms with Crippen LogP contribution in [0.25, 0.3) is 11.3 Å². The van der Waals surface area contributed by atoms with E-state index >= 15 is 0 Å². The summed E-state index contributed by atoms with van der Waals surface area (Å²) in [4.78, 5) is 31.2. The molecular formula is C26H26Cl2N6O3. The number of methoxy groups -OCH3 is 2. The van der Waals surface area contributed by atoms with Crippen LogP contribution in [0.15, 0.2) is 41.5 Å². The molecule has 1 aromatic carbocycles. The van der Waals surface area contributed by atoms with Crippen molar-refractivity contribution >= 4 is 40.8 Å². The van der Waals surface area contributed by atoms with Gasteiger partial charge < -0.3 is 24.6 Å². The SMILES string of the molecule is COc1cc(OC)c(Cl)c(-c2ccc3c(n2)CN=C3NC(=O)c2ccc(N3CCN(C)CC3)nc2)c1Cl. The van der Waals surface area contributed by atoms with Gasteiger partial charge in [0.15, 0.2) is 0 Å². The van der Waals surface area contributed by atoms with Crippen LogP contribution < -0.4 is 19.7 Å². The van der Waals surface area contributed by atoms with E-state index in [1.54, 1.807) is 24.4 Å². The number of ether oxygens (including phenoxy) is 2. The van der Waals surface area contributed by atoms with Gasteiger partial charge in [0.2, 0.25) is 0 Å². The second-order valence-corrected chi connectivity index (χ2v) is 9.55. The molecule has 9 nitrogen and oxygen atoms in total. The first-order valence-corrected chi connectivity index (χ1v) is 12.5. The second kappa shape index (κ2) is 10.5. The van der Waals surface area contributed by atoms with Crippen molar-refractivity contribution in [2.75, 3.05) is 52.3 Å². The Hall–Kier alpha value is -3.40. The fourth-order valence-electron chi connectivity index (χ4n) is 4.36. The standard InChI is InChI=1S/C26H26Cl2N6O3/c1-33-8-10-34(11-9-33)21-7-4-15(13-29-21)26(35)32-25-16-5-6-17(31-18(16)14-30-25)22-23(27)19(36-2)12-20(37-3)24(22)28/h4-7,12-13H,8-11,14H2,1-3H3,(H,30,32,35). The molecule has 0 radical (unpaired) electrons. The number of pyridine rings is 2. The molecule has 0 aliphatic carbocycles. The van der Waals surface area contributed by atoms with Gasteiger partial charge in [-0.25, -0.2) is 9.97 Å². The van der Waals surface area contributed by atoms with Crippen LogP contribution in [0.4, 0.5) is 5.82 Å². The Kier molecular flexibility index (Phi) is 7.19. The van der Waals surface area contributed by atoms with Gasteiger partial charge in [-0.3, -0.25) is 9.79 Å². The lowest BCUT2D eigenvalue weighted by atomic mass is 10.1. The monoisotopic (exact) mass is 540 g/mol. The van der Waals surface area contributed by atoms with E-state index in [-0.39, 0.29) is 5.91 Å². The van der Waals surface area contributed by atoms with Crippen LogP contribution in [-0.4, -0.2) is 74.1 Å². The quantitative estimate of drug-likeness (QED) is 0.524. The maximum Gasteiger partial charge on any atom is 0.258 e. The van der Waals surface area contributed by atoms with Gasteiger partial charge in [0.25, 0.3) is 5.91 Å². The van der Waals surface area contributed by atoms with Crippen molar-refractivity contribution in [2.45, 2.75) is 6.54 Å². The van der Waals surface area contributed by atoms with Crippen molar-refractivity contribution in [3.05, 3.63) is 63.4 Å². The highest BCUT2D eigenvalue weighted by atomic mass is 35.5. The molecule has 37 heavy (non-hydrogen) atoms. The maximum absolute atomic E-state index is 12.9. The fourth-order valence-corrected chi connectivity index (χ4v) is 5.05. The van der Waals surface area contributed by atoms with Crippen LogP contribution in [0.1, 0.15) is 21.6 Å². The lowest BCUT2D eigenvalue weighted by Crippen LogP contribution is -2.44. The number of nitrogens with one attached hydrogen (secondary N) is 1. The number of anilines is 1. The molecule has 5 rings (SSSR count). The molecule has 0 spiro atoms. The van der Waals surface area contributed by atoms with E-state index in [2.05, 4.69) is 32.1 Å². The number of hydrogen-bond donors (Lipinski definition) is 1. The van der Waals surface area contributed by atoms with Crippen LogP contribution in [0, 0.1) is 0 Å². The number of fused-ring (bicyclic) bond motifs is 1. The summed E-state index contributed by atoms with van der Waals surface area (Å²) in [5.41, 5.74) is 2.95. The Bertz CT molecular complexity index is 1340. The van der Waals surface area contributed by atoms with Gasteiger partial charge in [-0.1, -0.05) is 23.2 Å². The topological polar surface area (TPSA) is 92.2 Å². The Balaban J connectivity index is 1.33. The summed E-state index contributed by atoms with van der Waals surface area (Å²) in [7, 11) is 5.15. The molecule has 1 N–H and O–H groups in total. The third-order valence-corrected chi connectivity index (χ3v) is 7.27. The Labute approximate surface area is 225 Å². The van der Waals surface area contributed by atoms with Crippen molar-refractivity contribution in [1.82, 2.24) is 20.2 Å². The number of benzene rings is 1. The first-order valence-electron chi connectivity index (χ1n) is 11.8. The molecule has 3 aromatic rings. The number of aromatic nitrogens is 2. The van der Waals surface area contributed by atoms with Gasteiger partial charge >= 0.3 is 0 Å². The zero-order valence-corrected chi connectivity index (χ0v) is 22.2. The average molecular weight is 541 g/mol. The number of carbonyl (C=O) groups is 1. The zero-order valence-electron chi connectivity index (χ0n) is 20.7. The molecule has 0 atom stereocenters. The third-order valence-electron chi connectivity index (χ3n) is 6.52. The van der Waals surface area contributed by atoms with E-state index in [0.717, 1.165) is 37.6 Å². The van der Waals surface area contributed by atoms with Crippen LogP contribution in [0.5, 0.6) is 11.5 Å². The molecule has 4 heterocycles. The molecule has 2 aliphatic rings. The van der Waals surface area contributed by atoms with Gasteiger partial charge in [-0.05, 0) is 31.3 Å². The summed E-state index contributed by atoms with van der Waals surface area (Å²) >= 11 is 13.1. The van der Waals surface area contributed by atoms with E-state index in [0.29, 0.717) is 56.4 Å². The smallest absolute Gasteiger partial charge is 0.258 e. The van der Waals surface area contributed by atoms with Crippen LogP contribution in [0.2, 0.25) is 10.0 Å². The van der Waals surface area contributed by atoms with Gasteiger partial charge in [-0.15, -0.1) is 0 Å². The lowest BCUT2D eigenvalue weighted by Gasteiger charge is -2.33. The first kappa shape index (κ1) is 25.3. The number of piperazine rings is 1. The summed E-state index contributed by atoms with van der Waals surface area (Å²) in [5.74, 6) is 1.91. The third kappa shape index (κ3) is 4.94. The van der Waals surface area contributed by atoms with Crippen molar-refractivity contribution in [2.24, 2.45) is 4.99 Å². The molecule has 192 valence electrons. The largest absolute Gasteiger partial charge is 0.495 e. The number of hydrogen-bond acceptors (Lipinski definition) is 8. The Morgan fingerprint density at radius 3 is 2.32 bits per heavy atom. The highest BCUT2D eigenvalue weighted by Crippen LogP contribution is 2.45. The van der Waals surface area contributed by atoms with E-state index in [1.807, 2.05) is 12.1 Å². The minimum absolute atomic E-state index is 0.281. The number of halogens is 2. The van der Waals surface area contributed by atoms with Gasteiger partial charge in [0, 0.05) is 49.6 Å².